The van der Waals surface area contributed by atoms with Crippen molar-refractivity contribution in [1.82, 2.24) is 14.9 Å². The fourth-order valence-corrected chi connectivity index (χ4v) is 2.64. The zero-order valence-electron chi connectivity index (χ0n) is 12.3. The molecule has 1 aromatic rings. The SMILES string of the molecule is COCC1CN(c2cnccn2)CC1C(=O)N(C)CC#N. The van der Waals surface area contributed by atoms with Crippen LogP contribution in [-0.4, -0.2) is 61.2 Å². The molecule has 1 fully saturated rings. The van der Waals surface area contributed by atoms with E-state index in [0.29, 0.717) is 19.7 Å². The number of nitrogens with zero attached hydrogens (tertiary/aromatic N) is 5. The minimum atomic E-state index is -0.190. The number of rotatable bonds is 5. The maximum atomic E-state index is 12.5. The highest BCUT2D eigenvalue weighted by Gasteiger charge is 2.39. The summed E-state index contributed by atoms with van der Waals surface area (Å²) in [5.41, 5.74) is 0. The van der Waals surface area contributed by atoms with Gasteiger partial charge in [-0.3, -0.25) is 9.78 Å². The zero-order chi connectivity index (χ0) is 15.2. The summed E-state index contributed by atoms with van der Waals surface area (Å²) in [5.74, 6) is 0.637. The molecule has 2 atom stereocenters. The Kier molecular flexibility index (Phi) is 5.06. The van der Waals surface area contributed by atoms with E-state index in [1.807, 2.05) is 11.0 Å². The molecule has 0 spiro atoms. The highest BCUT2D eigenvalue weighted by molar-refractivity contribution is 5.80. The number of methoxy groups -OCH3 is 1. The van der Waals surface area contributed by atoms with Gasteiger partial charge in [0.05, 0.1) is 24.8 Å². The van der Waals surface area contributed by atoms with Crippen LogP contribution in [0.15, 0.2) is 18.6 Å². The number of carbonyl (C=O) groups excluding carboxylic acids is 1. The van der Waals surface area contributed by atoms with Gasteiger partial charge in [-0.2, -0.15) is 5.26 Å². The van der Waals surface area contributed by atoms with Crippen LogP contribution in [0.5, 0.6) is 0 Å². The molecule has 2 unspecified atom stereocenters. The number of amides is 1. The number of nitriles is 1. The molecule has 0 radical (unpaired) electrons. The first-order valence-electron chi connectivity index (χ1n) is 6.79. The van der Waals surface area contributed by atoms with E-state index in [-0.39, 0.29) is 24.3 Å². The highest BCUT2D eigenvalue weighted by atomic mass is 16.5. The maximum Gasteiger partial charge on any atom is 0.228 e. The van der Waals surface area contributed by atoms with Crippen molar-refractivity contribution in [3.8, 4) is 6.07 Å². The fraction of sp³-hybridized carbons (Fsp3) is 0.571. The van der Waals surface area contributed by atoms with Crippen LogP contribution in [-0.2, 0) is 9.53 Å². The average molecular weight is 289 g/mol. The molecular formula is C14H19N5O2. The topological polar surface area (TPSA) is 82.3 Å². The predicted molar refractivity (Wildman–Crippen MR) is 76.4 cm³/mol. The largest absolute Gasteiger partial charge is 0.384 e. The Morgan fingerprint density at radius 2 is 2.38 bits per heavy atom. The first-order chi connectivity index (χ1) is 10.2. The summed E-state index contributed by atoms with van der Waals surface area (Å²) < 4.78 is 5.23. The molecule has 1 amide bonds. The van der Waals surface area contributed by atoms with Crippen molar-refractivity contribution in [3.05, 3.63) is 18.6 Å². The molecule has 2 heterocycles. The minimum absolute atomic E-state index is 0.0232. The Morgan fingerprint density at radius 3 is 3.00 bits per heavy atom. The Labute approximate surface area is 124 Å². The van der Waals surface area contributed by atoms with E-state index < -0.39 is 0 Å². The molecule has 2 rings (SSSR count). The molecule has 0 N–H and O–H groups in total. The van der Waals surface area contributed by atoms with Crippen molar-refractivity contribution in [2.75, 3.05) is 45.3 Å². The molecule has 112 valence electrons. The van der Waals surface area contributed by atoms with Gasteiger partial charge >= 0.3 is 0 Å². The van der Waals surface area contributed by atoms with Gasteiger partial charge in [0.15, 0.2) is 0 Å². The van der Waals surface area contributed by atoms with Gasteiger partial charge in [0, 0.05) is 45.6 Å². The van der Waals surface area contributed by atoms with Crippen LogP contribution in [0.4, 0.5) is 5.82 Å². The van der Waals surface area contributed by atoms with Crippen LogP contribution in [0.2, 0.25) is 0 Å². The fourth-order valence-electron chi connectivity index (χ4n) is 2.64. The summed E-state index contributed by atoms with van der Waals surface area (Å²) >= 11 is 0. The number of ether oxygens (including phenoxy) is 1. The molecule has 7 nitrogen and oxygen atoms in total. The standard InChI is InChI=1S/C14H19N5O2/c1-18(6-3-15)14(20)12-9-19(8-11(12)10-21-2)13-7-16-4-5-17-13/h4-5,7,11-12H,6,8-10H2,1-2H3. The smallest absolute Gasteiger partial charge is 0.228 e. The minimum Gasteiger partial charge on any atom is -0.384 e. The van der Waals surface area contributed by atoms with Crippen LogP contribution in [0.25, 0.3) is 0 Å². The van der Waals surface area contributed by atoms with Crippen LogP contribution in [0.3, 0.4) is 0 Å². The van der Waals surface area contributed by atoms with Gasteiger partial charge in [-0.15, -0.1) is 0 Å². The second-order valence-electron chi connectivity index (χ2n) is 5.14. The molecule has 0 aromatic carbocycles. The first-order valence-corrected chi connectivity index (χ1v) is 6.79. The normalized spacial score (nSPS) is 21.1. The van der Waals surface area contributed by atoms with Gasteiger partial charge in [-0.1, -0.05) is 0 Å². The van der Waals surface area contributed by atoms with E-state index in [1.54, 1.807) is 32.7 Å². The van der Waals surface area contributed by atoms with E-state index in [2.05, 4.69) is 9.97 Å². The number of aromatic nitrogens is 2. The zero-order valence-corrected chi connectivity index (χ0v) is 12.3. The van der Waals surface area contributed by atoms with E-state index in [0.717, 1.165) is 5.82 Å². The van der Waals surface area contributed by atoms with Crippen molar-refractivity contribution >= 4 is 11.7 Å². The van der Waals surface area contributed by atoms with Crippen molar-refractivity contribution in [3.63, 3.8) is 0 Å². The van der Waals surface area contributed by atoms with Crippen LogP contribution < -0.4 is 4.90 Å². The lowest BCUT2D eigenvalue weighted by Gasteiger charge is -2.21. The van der Waals surface area contributed by atoms with E-state index in [1.165, 1.54) is 4.90 Å². The van der Waals surface area contributed by atoms with Gasteiger partial charge in [0.1, 0.15) is 12.4 Å². The summed E-state index contributed by atoms with van der Waals surface area (Å²) in [6.07, 6.45) is 4.95. The summed E-state index contributed by atoms with van der Waals surface area (Å²) in [5, 5.41) is 8.73. The molecule has 1 aliphatic heterocycles. The maximum absolute atomic E-state index is 12.5. The second-order valence-corrected chi connectivity index (χ2v) is 5.14. The Morgan fingerprint density at radius 1 is 1.57 bits per heavy atom. The second kappa shape index (κ2) is 6.99. The molecule has 21 heavy (non-hydrogen) atoms. The third-order valence-electron chi connectivity index (χ3n) is 3.70. The van der Waals surface area contributed by atoms with Crippen LogP contribution in [0, 0.1) is 23.2 Å². The molecule has 7 heteroatoms. The molecule has 0 bridgehead atoms. The number of anilines is 1. The van der Waals surface area contributed by atoms with Crippen molar-refractivity contribution in [2.45, 2.75) is 0 Å². The van der Waals surface area contributed by atoms with Crippen molar-refractivity contribution in [2.24, 2.45) is 11.8 Å². The van der Waals surface area contributed by atoms with Gasteiger partial charge < -0.3 is 14.5 Å². The summed E-state index contributed by atoms with van der Waals surface area (Å²) in [6.45, 7) is 1.87. The monoisotopic (exact) mass is 289 g/mol. The van der Waals surface area contributed by atoms with Gasteiger partial charge in [0.2, 0.25) is 5.91 Å². The van der Waals surface area contributed by atoms with Crippen molar-refractivity contribution in [1.29, 1.82) is 5.26 Å². The number of hydrogen-bond donors (Lipinski definition) is 0. The molecular weight excluding hydrogens is 270 g/mol. The third kappa shape index (κ3) is 3.47. The lowest BCUT2D eigenvalue weighted by atomic mass is 9.95. The molecule has 0 aliphatic carbocycles. The summed E-state index contributed by atoms with van der Waals surface area (Å²) in [7, 11) is 3.28. The van der Waals surface area contributed by atoms with E-state index >= 15 is 0 Å². The first kappa shape index (κ1) is 15.2. The van der Waals surface area contributed by atoms with Gasteiger partial charge in [-0.05, 0) is 0 Å². The average Bonchev–Trinajstić information content (AvgIpc) is 2.92. The molecule has 0 saturated carbocycles. The van der Waals surface area contributed by atoms with Gasteiger partial charge in [0.25, 0.3) is 0 Å². The number of carbonyl (C=O) groups is 1. The van der Waals surface area contributed by atoms with Crippen LogP contribution >= 0.6 is 0 Å². The molecule has 1 aromatic heterocycles. The van der Waals surface area contributed by atoms with Crippen LogP contribution in [0.1, 0.15) is 0 Å². The lowest BCUT2D eigenvalue weighted by Crippen LogP contribution is -2.38. The molecule has 1 saturated heterocycles. The van der Waals surface area contributed by atoms with Gasteiger partial charge in [-0.25, -0.2) is 4.98 Å². The number of hydrogen-bond acceptors (Lipinski definition) is 6. The third-order valence-corrected chi connectivity index (χ3v) is 3.70. The summed E-state index contributed by atoms with van der Waals surface area (Å²) in [4.78, 5) is 24.3. The Bertz CT molecular complexity index is 516. The molecule has 1 aliphatic rings. The quantitative estimate of drug-likeness (QED) is 0.718. The highest BCUT2D eigenvalue weighted by Crippen LogP contribution is 2.28. The predicted octanol–water partition coefficient (Wildman–Crippen LogP) is 0.157. The van der Waals surface area contributed by atoms with E-state index in [9.17, 15) is 4.79 Å². The Balaban J connectivity index is 2.12. The van der Waals surface area contributed by atoms with E-state index in [4.69, 9.17) is 10.00 Å². The lowest BCUT2D eigenvalue weighted by molar-refractivity contribution is -0.134. The van der Waals surface area contributed by atoms with Crippen molar-refractivity contribution < 1.29 is 9.53 Å². The summed E-state index contributed by atoms with van der Waals surface area (Å²) in [6, 6.07) is 2.00. The Hall–Kier alpha value is -2.20.